The van der Waals surface area contributed by atoms with Crippen LogP contribution in [0.3, 0.4) is 0 Å². The summed E-state index contributed by atoms with van der Waals surface area (Å²) in [6, 6.07) is 29.1. The molecule has 1 heterocycles. The van der Waals surface area contributed by atoms with Gasteiger partial charge in [0.2, 0.25) is 0 Å². The van der Waals surface area contributed by atoms with Gasteiger partial charge in [-0.3, -0.25) is 0 Å². The van der Waals surface area contributed by atoms with Crippen molar-refractivity contribution in [3.63, 3.8) is 0 Å². The lowest BCUT2D eigenvalue weighted by molar-refractivity contribution is 0.00578. The first-order valence-corrected chi connectivity index (χ1v) is 11.2. The summed E-state index contributed by atoms with van der Waals surface area (Å²) < 4.78 is 12.7. The molecule has 0 bridgehead atoms. The van der Waals surface area contributed by atoms with Gasteiger partial charge in [0.05, 0.1) is 17.8 Å². The van der Waals surface area contributed by atoms with Gasteiger partial charge in [0.1, 0.15) is 0 Å². The first-order chi connectivity index (χ1) is 15.8. The molecule has 3 nitrogen and oxygen atoms in total. The van der Waals surface area contributed by atoms with E-state index in [1.165, 1.54) is 10.9 Å². The summed E-state index contributed by atoms with van der Waals surface area (Å²) in [6.07, 6.45) is 0. The van der Waals surface area contributed by atoms with E-state index in [9.17, 15) is 0 Å². The van der Waals surface area contributed by atoms with Crippen LogP contribution in [-0.4, -0.2) is 18.3 Å². The normalized spacial score (nSPS) is 16.6. The standard InChI is InChI=1S/C29H26BNO2/c1-28(2)29(3,4)33-30(32-28)27-19-18-24(25-8-6-7-9-26(25)27)22-12-10-20(11-13-22)21-14-16-23(31-5)17-15-21/h6-19H,1-4H3. The van der Waals surface area contributed by atoms with Crippen LogP contribution >= 0.6 is 0 Å². The fraction of sp³-hybridized carbons (Fsp3) is 0.207. The molecule has 0 unspecified atom stereocenters. The molecule has 33 heavy (non-hydrogen) atoms. The quantitative estimate of drug-likeness (QED) is 0.257. The molecule has 162 valence electrons. The molecule has 0 N–H and O–H groups in total. The maximum Gasteiger partial charge on any atom is 0.495 e. The summed E-state index contributed by atoms with van der Waals surface area (Å²) in [5, 5.41) is 2.33. The first-order valence-electron chi connectivity index (χ1n) is 11.2. The average molecular weight is 431 g/mol. The lowest BCUT2D eigenvalue weighted by Gasteiger charge is -2.32. The van der Waals surface area contributed by atoms with Crippen LogP contribution in [0.4, 0.5) is 5.69 Å². The van der Waals surface area contributed by atoms with Gasteiger partial charge in [0.25, 0.3) is 0 Å². The number of rotatable bonds is 3. The van der Waals surface area contributed by atoms with Crippen LogP contribution in [0.1, 0.15) is 27.7 Å². The van der Waals surface area contributed by atoms with Crippen molar-refractivity contribution in [1.29, 1.82) is 0 Å². The Hall–Kier alpha value is -3.39. The van der Waals surface area contributed by atoms with Crippen LogP contribution in [0.25, 0.3) is 37.9 Å². The molecular formula is C29H26BNO2. The third kappa shape index (κ3) is 3.74. The van der Waals surface area contributed by atoms with Gasteiger partial charge in [0, 0.05) is 0 Å². The maximum absolute atomic E-state index is 7.13. The summed E-state index contributed by atoms with van der Waals surface area (Å²) in [5.41, 5.74) is 5.55. The molecule has 4 heteroatoms. The van der Waals surface area contributed by atoms with Crippen molar-refractivity contribution in [3.8, 4) is 22.3 Å². The minimum absolute atomic E-state index is 0.375. The Labute approximate surface area is 195 Å². The number of hydrogen-bond donors (Lipinski definition) is 0. The minimum Gasteiger partial charge on any atom is -0.399 e. The van der Waals surface area contributed by atoms with Crippen LogP contribution in [0.2, 0.25) is 0 Å². The largest absolute Gasteiger partial charge is 0.495 e. The van der Waals surface area contributed by atoms with E-state index in [1.807, 2.05) is 24.3 Å². The SMILES string of the molecule is [C-]#[N+]c1ccc(-c2ccc(-c3ccc(B4OC(C)(C)C(C)(C)O4)c4ccccc34)cc2)cc1. The summed E-state index contributed by atoms with van der Waals surface area (Å²) >= 11 is 0. The van der Waals surface area contributed by atoms with Crippen molar-refractivity contribution >= 4 is 29.0 Å². The highest BCUT2D eigenvalue weighted by molar-refractivity contribution is 6.65. The second-order valence-electron chi connectivity index (χ2n) is 9.57. The van der Waals surface area contributed by atoms with Crippen LogP contribution in [-0.2, 0) is 9.31 Å². The smallest absolute Gasteiger partial charge is 0.399 e. The minimum atomic E-state index is -0.394. The van der Waals surface area contributed by atoms with Gasteiger partial charge in [-0.15, -0.1) is 0 Å². The van der Waals surface area contributed by atoms with Crippen molar-refractivity contribution < 1.29 is 9.31 Å². The zero-order chi connectivity index (χ0) is 23.2. The molecule has 1 saturated heterocycles. The van der Waals surface area contributed by atoms with Crippen LogP contribution in [0.5, 0.6) is 0 Å². The zero-order valence-corrected chi connectivity index (χ0v) is 19.4. The second kappa shape index (κ2) is 7.88. The van der Waals surface area contributed by atoms with Gasteiger partial charge in [-0.25, -0.2) is 4.85 Å². The molecule has 1 fully saturated rings. The van der Waals surface area contributed by atoms with E-state index in [0.717, 1.165) is 27.5 Å². The van der Waals surface area contributed by atoms with E-state index < -0.39 is 7.12 Å². The van der Waals surface area contributed by atoms with E-state index in [1.54, 1.807) is 0 Å². The predicted octanol–water partition coefficient (Wildman–Crippen LogP) is 7.02. The lowest BCUT2D eigenvalue weighted by atomic mass is 9.75. The van der Waals surface area contributed by atoms with Gasteiger partial charge in [0.15, 0.2) is 5.69 Å². The molecule has 0 amide bonds. The fourth-order valence-corrected chi connectivity index (χ4v) is 4.32. The molecule has 0 atom stereocenters. The molecule has 1 aliphatic rings. The molecule has 0 spiro atoms. The summed E-state index contributed by atoms with van der Waals surface area (Å²) in [6.45, 7) is 15.5. The van der Waals surface area contributed by atoms with Gasteiger partial charge in [-0.1, -0.05) is 84.9 Å². The Balaban J connectivity index is 1.52. The van der Waals surface area contributed by atoms with E-state index in [2.05, 4.69) is 93.2 Å². The van der Waals surface area contributed by atoms with Gasteiger partial charge in [-0.2, -0.15) is 0 Å². The Morgan fingerprint density at radius 2 is 1.15 bits per heavy atom. The number of benzene rings is 4. The van der Waals surface area contributed by atoms with Crippen molar-refractivity contribution in [2.45, 2.75) is 38.9 Å². The van der Waals surface area contributed by atoms with Crippen molar-refractivity contribution in [2.24, 2.45) is 0 Å². The summed E-state index contributed by atoms with van der Waals surface area (Å²) in [4.78, 5) is 3.47. The molecule has 0 aromatic heterocycles. The zero-order valence-electron chi connectivity index (χ0n) is 19.4. The van der Waals surface area contributed by atoms with Crippen molar-refractivity contribution in [3.05, 3.63) is 96.3 Å². The topological polar surface area (TPSA) is 22.8 Å². The van der Waals surface area contributed by atoms with E-state index in [-0.39, 0.29) is 11.2 Å². The maximum atomic E-state index is 7.13. The Morgan fingerprint density at radius 1 is 0.636 bits per heavy atom. The molecule has 0 radical (unpaired) electrons. The predicted molar refractivity (Wildman–Crippen MR) is 137 cm³/mol. The van der Waals surface area contributed by atoms with Gasteiger partial charge in [-0.05, 0) is 66.2 Å². The van der Waals surface area contributed by atoms with Crippen LogP contribution in [0, 0.1) is 6.57 Å². The van der Waals surface area contributed by atoms with Crippen molar-refractivity contribution in [1.82, 2.24) is 0 Å². The third-order valence-electron chi connectivity index (χ3n) is 6.99. The number of hydrogen-bond acceptors (Lipinski definition) is 2. The number of nitrogens with zero attached hydrogens (tertiary/aromatic N) is 1. The average Bonchev–Trinajstić information content (AvgIpc) is 3.05. The molecule has 4 aromatic rings. The van der Waals surface area contributed by atoms with Gasteiger partial charge >= 0.3 is 7.12 Å². The second-order valence-corrected chi connectivity index (χ2v) is 9.57. The van der Waals surface area contributed by atoms with E-state index in [0.29, 0.717) is 5.69 Å². The summed E-state index contributed by atoms with van der Waals surface area (Å²) in [5.74, 6) is 0. The molecule has 5 rings (SSSR count). The van der Waals surface area contributed by atoms with Crippen molar-refractivity contribution in [2.75, 3.05) is 0 Å². The Bertz CT molecular complexity index is 1350. The van der Waals surface area contributed by atoms with Crippen LogP contribution in [0.15, 0.2) is 84.9 Å². The van der Waals surface area contributed by atoms with E-state index in [4.69, 9.17) is 15.9 Å². The highest BCUT2D eigenvalue weighted by Crippen LogP contribution is 2.38. The molecule has 0 saturated carbocycles. The Morgan fingerprint density at radius 3 is 1.73 bits per heavy atom. The summed E-state index contributed by atoms with van der Waals surface area (Å²) in [7, 11) is -0.394. The lowest BCUT2D eigenvalue weighted by Crippen LogP contribution is -2.41. The molecule has 1 aliphatic heterocycles. The molecule has 0 aliphatic carbocycles. The monoisotopic (exact) mass is 431 g/mol. The Kier molecular flexibility index (Phi) is 5.13. The third-order valence-corrected chi connectivity index (χ3v) is 6.99. The molecule has 4 aromatic carbocycles. The van der Waals surface area contributed by atoms with Crippen LogP contribution < -0.4 is 5.46 Å². The van der Waals surface area contributed by atoms with E-state index >= 15 is 0 Å². The van der Waals surface area contributed by atoms with Gasteiger partial charge < -0.3 is 9.31 Å². The fourth-order valence-electron chi connectivity index (χ4n) is 4.32. The highest BCUT2D eigenvalue weighted by atomic mass is 16.7. The number of fused-ring (bicyclic) bond motifs is 1. The highest BCUT2D eigenvalue weighted by Gasteiger charge is 2.52. The molecular weight excluding hydrogens is 405 g/mol. The first kappa shape index (κ1) is 21.5.